The molecule has 5 heteroatoms. The fourth-order valence-corrected chi connectivity index (χ4v) is 4.31. The van der Waals surface area contributed by atoms with Crippen LogP contribution in [-0.2, 0) is 9.59 Å². The van der Waals surface area contributed by atoms with Crippen molar-refractivity contribution in [3.8, 4) is 5.75 Å². The van der Waals surface area contributed by atoms with Crippen molar-refractivity contribution in [3.63, 3.8) is 0 Å². The molecule has 2 aliphatic rings. The molecule has 1 unspecified atom stereocenters. The van der Waals surface area contributed by atoms with E-state index < -0.39 is 0 Å². The number of hydrogen-bond acceptors (Lipinski definition) is 3. The molecule has 0 aromatic heterocycles. The zero-order valence-corrected chi connectivity index (χ0v) is 16.6. The van der Waals surface area contributed by atoms with Crippen molar-refractivity contribution in [1.29, 1.82) is 0 Å². The summed E-state index contributed by atoms with van der Waals surface area (Å²) in [6, 6.07) is 7.87. The zero-order valence-electron chi connectivity index (χ0n) is 16.6. The topological polar surface area (TPSA) is 58.6 Å². The van der Waals surface area contributed by atoms with Crippen molar-refractivity contribution < 1.29 is 14.3 Å². The number of amides is 2. The Kier molecular flexibility index (Phi) is 6.75. The Bertz CT molecular complexity index is 637. The summed E-state index contributed by atoms with van der Waals surface area (Å²) in [4.78, 5) is 27.4. The Morgan fingerprint density at radius 1 is 1.11 bits per heavy atom. The normalized spacial score (nSPS) is 21.7. The Morgan fingerprint density at radius 2 is 1.81 bits per heavy atom. The van der Waals surface area contributed by atoms with Gasteiger partial charge in [0, 0.05) is 19.0 Å². The van der Waals surface area contributed by atoms with Crippen LogP contribution in [0.15, 0.2) is 24.3 Å². The quantitative estimate of drug-likeness (QED) is 0.830. The summed E-state index contributed by atoms with van der Waals surface area (Å²) in [6.45, 7) is 2.75. The minimum Gasteiger partial charge on any atom is -0.497 e. The summed E-state index contributed by atoms with van der Waals surface area (Å²) in [6.07, 6.45) is 7.91. The van der Waals surface area contributed by atoms with Crippen molar-refractivity contribution in [1.82, 2.24) is 10.2 Å². The van der Waals surface area contributed by atoms with Crippen molar-refractivity contribution in [2.45, 2.75) is 76.3 Å². The molecule has 1 heterocycles. The second-order valence-corrected chi connectivity index (χ2v) is 7.97. The molecule has 0 bridgehead atoms. The molecule has 5 nitrogen and oxygen atoms in total. The molecule has 27 heavy (non-hydrogen) atoms. The first-order valence-electron chi connectivity index (χ1n) is 10.3. The molecule has 1 aromatic carbocycles. The zero-order chi connectivity index (χ0) is 19.2. The van der Waals surface area contributed by atoms with Crippen molar-refractivity contribution >= 4 is 11.8 Å². The fourth-order valence-electron chi connectivity index (χ4n) is 4.31. The first kappa shape index (κ1) is 19.7. The van der Waals surface area contributed by atoms with Gasteiger partial charge in [-0.1, -0.05) is 38.3 Å². The van der Waals surface area contributed by atoms with Gasteiger partial charge in [0.2, 0.25) is 11.8 Å². The minimum absolute atomic E-state index is 0.0462. The number of ether oxygens (including phenoxy) is 1. The van der Waals surface area contributed by atoms with E-state index in [0.29, 0.717) is 19.0 Å². The molecular weight excluding hydrogens is 340 g/mol. The van der Waals surface area contributed by atoms with E-state index in [4.69, 9.17) is 4.74 Å². The second-order valence-electron chi connectivity index (χ2n) is 7.97. The number of nitrogens with one attached hydrogen (secondary N) is 1. The predicted molar refractivity (Wildman–Crippen MR) is 106 cm³/mol. The van der Waals surface area contributed by atoms with Crippen LogP contribution in [0.4, 0.5) is 0 Å². The third kappa shape index (κ3) is 5.02. The molecule has 1 saturated carbocycles. The maximum Gasteiger partial charge on any atom is 0.243 e. The molecular formula is C22H32N2O3. The van der Waals surface area contributed by atoms with Crippen LogP contribution in [-0.4, -0.2) is 42.5 Å². The maximum atomic E-state index is 12.9. The molecule has 0 spiro atoms. The van der Waals surface area contributed by atoms with Gasteiger partial charge in [-0.25, -0.2) is 0 Å². The molecule has 2 fully saturated rings. The lowest BCUT2D eigenvalue weighted by Crippen LogP contribution is -2.49. The SMILES string of the molecule is COc1ccc(C(C)CC(=O)N2CCC[C@H]2C(=O)NC2CCCCC2)cc1. The summed E-state index contributed by atoms with van der Waals surface area (Å²) in [5, 5.41) is 3.20. The number of carbonyl (C=O) groups is 2. The average molecular weight is 373 g/mol. The lowest BCUT2D eigenvalue weighted by molar-refractivity contribution is -0.139. The Morgan fingerprint density at radius 3 is 2.48 bits per heavy atom. The summed E-state index contributed by atoms with van der Waals surface area (Å²) < 4.78 is 5.19. The molecule has 1 N–H and O–H groups in total. The summed E-state index contributed by atoms with van der Waals surface area (Å²) in [5.41, 5.74) is 1.12. The summed E-state index contributed by atoms with van der Waals surface area (Å²) in [5.74, 6) is 1.06. The highest BCUT2D eigenvalue weighted by Gasteiger charge is 2.35. The number of likely N-dealkylation sites (tertiary alicyclic amines) is 1. The number of rotatable bonds is 6. The van der Waals surface area contributed by atoms with Crippen molar-refractivity contribution in [2.75, 3.05) is 13.7 Å². The Balaban J connectivity index is 1.56. The van der Waals surface area contributed by atoms with Crippen molar-refractivity contribution in [3.05, 3.63) is 29.8 Å². The van der Waals surface area contributed by atoms with Crippen molar-refractivity contribution in [2.24, 2.45) is 0 Å². The standard InChI is InChI=1S/C22H32N2O3/c1-16(17-10-12-19(27-2)13-11-17)15-21(25)24-14-6-9-20(24)22(26)23-18-7-4-3-5-8-18/h10-13,16,18,20H,3-9,14-15H2,1-2H3,(H,23,26)/t16?,20-/m0/s1. The van der Waals surface area contributed by atoms with E-state index in [1.54, 1.807) is 12.0 Å². The fraction of sp³-hybridized carbons (Fsp3) is 0.636. The first-order chi connectivity index (χ1) is 13.1. The largest absolute Gasteiger partial charge is 0.497 e. The second kappa shape index (κ2) is 9.25. The summed E-state index contributed by atoms with van der Waals surface area (Å²) in [7, 11) is 1.65. The predicted octanol–water partition coefficient (Wildman–Crippen LogP) is 3.63. The van der Waals surface area contributed by atoms with E-state index in [9.17, 15) is 9.59 Å². The number of methoxy groups -OCH3 is 1. The van der Waals surface area contributed by atoms with E-state index in [2.05, 4.69) is 12.2 Å². The third-order valence-corrected chi connectivity index (χ3v) is 5.99. The lowest BCUT2D eigenvalue weighted by Gasteiger charge is -2.29. The van der Waals surface area contributed by atoms with Gasteiger partial charge in [-0.2, -0.15) is 0 Å². The molecule has 0 radical (unpaired) electrons. The van der Waals surface area contributed by atoms with Gasteiger partial charge in [0.15, 0.2) is 0 Å². The van der Waals surface area contributed by atoms with Crippen LogP contribution in [0, 0.1) is 0 Å². The maximum absolute atomic E-state index is 12.9. The lowest BCUT2D eigenvalue weighted by atomic mass is 9.95. The first-order valence-corrected chi connectivity index (χ1v) is 10.3. The van der Waals surface area contributed by atoms with Gasteiger partial charge in [-0.3, -0.25) is 9.59 Å². The van der Waals surface area contributed by atoms with E-state index in [1.165, 1.54) is 19.3 Å². The van der Waals surface area contributed by atoms with E-state index in [-0.39, 0.29) is 23.8 Å². The van der Waals surface area contributed by atoms with Crippen LogP contribution in [0.5, 0.6) is 5.75 Å². The molecule has 1 aliphatic carbocycles. The molecule has 1 aliphatic heterocycles. The van der Waals surface area contributed by atoms with E-state index >= 15 is 0 Å². The van der Waals surface area contributed by atoms with Crippen LogP contribution in [0.3, 0.4) is 0 Å². The van der Waals surface area contributed by atoms with Crippen LogP contribution < -0.4 is 10.1 Å². The number of hydrogen-bond donors (Lipinski definition) is 1. The smallest absolute Gasteiger partial charge is 0.243 e. The number of carbonyl (C=O) groups excluding carboxylic acids is 2. The van der Waals surface area contributed by atoms with Crippen LogP contribution in [0.25, 0.3) is 0 Å². The van der Waals surface area contributed by atoms with Gasteiger partial charge < -0.3 is 15.0 Å². The highest BCUT2D eigenvalue weighted by atomic mass is 16.5. The van der Waals surface area contributed by atoms with Gasteiger partial charge in [-0.05, 0) is 49.3 Å². The van der Waals surface area contributed by atoms with Crippen LogP contribution in [0.1, 0.15) is 69.8 Å². The molecule has 148 valence electrons. The number of benzene rings is 1. The molecule has 1 saturated heterocycles. The highest BCUT2D eigenvalue weighted by molar-refractivity contribution is 5.88. The van der Waals surface area contributed by atoms with Gasteiger partial charge >= 0.3 is 0 Å². The monoisotopic (exact) mass is 372 g/mol. The van der Waals surface area contributed by atoms with Gasteiger partial charge in [0.25, 0.3) is 0 Å². The molecule has 2 amide bonds. The summed E-state index contributed by atoms with van der Waals surface area (Å²) >= 11 is 0. The Labute approximate surface area is 162 Å². The van der Waals surface area contributed by atoms with E-state index in [1.807, 2.05) is 24.3 Å². The van der Waals surface area contributed by atoms with E-state index in [0.717, 1.165) is 37.0 Å². The van der Waals surface area contributed by atoms with Gasteiger partial charge in [0.05, 0.1) is 7.11 Å². The highest BCUT2D eigenvalue weighted by Crippen LogP contribution is 2.26. The average Bonchev–Trinajstić information content (AvgIpc) is 3.19. The third-order valence-electron chi connectivity index (χ3n) is 5.99. The van der Waals surface area contributed by atoms with Gasteiger partial charge in [0.1, 0.15) is 11.8 Å². The number of nitrogens with zero attached hydrogens (tertiary/aromatic N) is 1. The molecule has 2 atom stereocenters. The minimum atomic E-state index is -0.289. The molecule has 1 aromatic rings. The molecule has 3 rings (SSSR count). The van der Waals surface area contributed by atoms with Crippen LogP contribution in [0.2, 0.25) is 0 Å². The Hall–Kier alpha value is -2.04. The van der Waals surface area contributed by atoms with Gasteiger partial charge in [-0.15, -0.1) is 0 Å². The van der Waals surface area contributed by atoms with Crippen LogP contribution >= 0.6 is 0 Å².